The molecular weight excluding hydrogens is 1240 g/mol. The number of hydrogen-bond acceptors (Lipinski definition) is 2. The van der Waals surface area contributed by atoms with Crippen LogP contribution in [-0.2, 0) is 21.7 Å². The number of imidazole rings is 1. The standard InChI is InChI=1S/C95H88N4OSi/c1-64-51-90(96-62-85(64)65-31-18-14-19-32-65)99-86-46-27-26-45-81(86)82-49-48-76(61-88(82)99)100-75-37-30-36-74(60-75)97-63-98(87-50-47-66(56-89(87)97)69-53-71(93(5,6)7)57-72(54-69)94(8,9)10)91-83(67-33-28-35-70(52-67)92(2,3)4)58-73(95(11,12)13)59-84(91)68-34-29-44-80(55-68)101(77-38-20-15-21-39-77,78-40-22-16-23-41-78)79-42-24-17-25-43-79/h14-62H,1-13H3/i1D3,14D,15D,16D,17D,18D,19D,20D,21D,22D,23D,24D,25D,29D,31D,32D,34D,38D,39D,40D,41D,42D,43D,44D,55D. The third kappa shape index (κ3) is 12.4. The molecule has 0 saturated heterocycles. The molecule has 3 aromatic heterocycles. The Labute approximate surface area is 635 Å². The summed E-state index contributed by atoms with van der Waals surface area (Å²) in [7, 11) is -6.39. The van der Waals surface area contributed by atoms with Gasteiger partial charge in [-0.2, -0.15) is 0 Å². The van der Waals surface area contributed by atoms with Crippen molar-refractivity contribution in [2.75, 3.05) is 0 Å². The zero-order valence-corrected chi connectivity index (χ0v) is 59.1. The lowest BCUT2D eigenvalue weighted by Gasteiger charge is -2.35. The van der Waals surface area contributed by atoms with Crippen molar-refractivity contribution in [2.45, 2.75) is 112 Å². The van der Waals surface area contributed by atoms with Gasteiger partial charge in [0, 0.05) is 32.7 Å². The summed E-state index contributed by atoms with van der Waals surface area (Å²) < 4.78 is 267. The number of benzene rings is 12. The average molecular weight is 1360 g/mol. The summed E-state index contributed by atoms with van der Waals surface area (Å²) in [6.07, 6.45) is 4.94. The van der Waals surface area contributed by atoms with E-state index in [9.17, 15) is 21.9 Å². The Hall–Kier alpha value is -10.9. The van der Waals surface area contributed by atoms with Crippen LogP contribution in [-0.4, -0.2) is 22.2 Å². The van der Waals surface area contributed by atoms with Crippen LogP contribution in [0.1, 0.15) is 148 Å². The van der Waals surface area contributed by atoms with Crippen LogP contribution in [0.3, 0.4) is 0 Å². The summed E-state index contributed by atoms with van der Waals surface area (Å²) in [4.78, 5) is 4.78. The average Bonchev–Trinajstić information content (AvgIpc) is 0.791. The molecule has 0 amide bonds. The third-order valence-electron chi connectivity index (χ3n) is 18.6. The second kappa shape index (κ2) is 25.7. The molecule has 0 radical (unpaired) electrons. The van der Waals surface area contributed by atoms with E-state index in [2.05, 4.69) is 66.1 Å². The quantitative estimate of drug-likeness (QED) is 0.0499. The maximum atomic E-state index is 11.4. The lowest BCUT2D eigenvalue weighted by atomic mass is 9.79. The first kappa shape index (κ1) is 41.6. The van der Waals surface area contributed by atoms with E-state index in [4.69, 9.17) is 24.8 Å². The van der Waals surface area contributed by atoms with Crippen LogP contribution in [0.15, 0.2) is 297 Å². The van der Waals surface area contributed by atoms with E-state index < -0.39 is 197 Å². The van der Waals surface area contributed by atoms with E-state index in [1.807, 2.05) is 126 Å². The fourth-order valence-corrected chi connectivity index (χ4v) is 16.7. The Kier molecular flexibility index (Phi) is 10.6. The van der Waals surface area contributed by atoms with Crippen LogP contribution in [0.2, 0.25) is 0 Å². The number of aromatic nitrogens is 4. The van der Waals surface area contributed by atoms with Crippen molar-refractivity contribution >= 4 is 61.7 Å². The van der Waals surface area contributed by atoms with Crippen molar-refractivity contribution in [3.8, 4) is 73.2 Å². The number of nitrogens with zero attached hydrogens (tertiary/aromatic N) is 4. The fraction of sp³-hybridized carbons (Fsp3) is 0.179. The highest BCUT2D eigenvalue weighted by atomic mass is 28.3. The van der Waals surface area contributed by atoms with E-state index in [0.717, 1.165) is 33.2 Å². The molecule has 15 aromatic rings. The van der Waals surface area contributed by atoms with Crippen molar-refractivity contribution in [3.63, 3.8) is 0 Å². The Balaban J connectivity index is 1.06. The van der Waals surface area contributed by atoms with Gasteiger partial charge in [-0.15, -0.1) is 0 Å². The zero-order chi connectivity index (χ0) is 93.6. The lowest BCUT2D eigenvalue weighted by molar-refractivity contribution is -0.571. The van der Waals surface area contributed by atoms with Gasteiger partial charge in [0.1, 0.15) is 17.3 Å². The molecule has 101 heavy (non-hydrogen) atoms. The number of ether oxygens (including phenoxy) is 1. The minimum Gasteiger partial charge on any atom is -0.458 e. The van der Waals surface area contributed by atoms with Crippen molar-refractivity contribution in [3.05, 3.63) is 331 Å². The van der Waals surface area contributed by atoms with Crippen molar-refractivity contribution in [2.24, 2.45) is 0 Å². The van der Waals surface area contributed by atoms with Crippen molar-refractivity contribution in [1.29, 1.82) is 0 Å². The molecule has 3 heterocycles. The molecule has 0 unspecified atom stereocenters. The highest BCUT2D eigenvalue weighted by molar-refractivity contribution is 7.20. The maximum Gasteiger partial charge on any atom is 0.269 e. The second-order valence-corrected chi connectivity index (χ2v) is 33.0. The molecule has 0 atom stereocenters. The molecule has 0 aliphatic heterocycles. The predicted octanol–water partition coefficient (Wildman–Crippen LogP) is 21.5. The predicted molar refractivity (Wildman–Crippen MR) is 427 cm³/mol. The first-order valence-corrected chi connectivity index (χ1v) is 35.4. The van der Waals surface area contributed by atoms with E-state index in [-0.39, 0.29) is 50.3 Å². The molecule has 0 bridgehead atoms. The molecule has 6 heteroatoms. The van der Waals surface area contributed by atoms with Gasteiger partial charge in [-0.25, -0.2) is 4.98 Å². The fourth-order valence-electron chi connectivity index (χ4n) is 13.1. The first-order chi connectivity index (χ1) is 59.7. The molecular formula is C95H88N4OSi. The van der Waals surface area contributed by atoms with Crippen LogP contribution in [0.5, 0.6) is 11.5 Å². The molecule has 0 aliphatic carbocycles. The first-order valence-electron chi connectivity index (χ1n) is 46.9. The summed E-state index contributed by atoms with van der Waals surface area (Å²) in [6, 6.07) is 21.5. The summed E-state index contributed by atoms with van der Waals surface area (Å²) in [5.41, 5.74) is 5.25. The van der Waals surface area contributed by atoms with Gasteiger partial charge in [0.2, 0.25) is 0 Å². The molecule has 0 N–H and O–H groups in total. The van der Waals surface area contributed by atoms with Crippen LogP contribution in [0.4, 0.5) is 0 Å². The van der Waals surface area contributed by atoms with E-state index in [1.165, 1.54) is 12.3 Å². The molecule has 498 valence electrons. The van der Waals surface area contributed by atoms with Gasteiger partial charge in [0.25, 0.3) is 6.33 Å². The van der Waals surface area contributed by atoms with Crippen LogP contribution in [0, 0.1) is 13.2 Å². The summed E-state index contributed by atoms with van der Waals surface area (Å²) in [5.74, 6) is 0.701. The van der Waals surface area contributed by atoms with Crippen LogP contribution in [0.25, 0.3) is 94.5 Å². The van der Waals surface area contributed by atoms with Gasteiger partial charge in [0.05, 0.1) is 66.3 Å². The SMILES string of the molecule is [2H]c1c([2H])c([2H])c(-c2cnc(-n3c4ccccc4c4ccc(Oc5cccc(-n6[c-][n+](-c7c(-c8cccc(C(C)(C)C)c8)cc(C(C)(C)C)cc7-c7c([2H])c([2H])c([2H])c([Si](c8c([2H])c([2H])c([2H])c([2H])c8[2H])(c8c([2H])c([2H])c([2H])c([2H])c8[2H])c8c([2H])c([2H])c([2H])c([2H])c8[2H])c7[2H])c7ccc(-c8cc(C(C)(C)C)cc(C(C)(C)C)c8)cc76)c5)cc43)cc2C([2H])([2H])[2H])c([2H])c1[2H]. The van der Waals surface area contributed by atoms with Gasteiger partial charge in [0.15, 0.2) is 8.07 Å². The van der Waals surface area contributed by atoms with Gasteiger partial charge in [-0.05, 0) is 165 Å². The summed E-state index contributed by atoms with van der Waals surface area (Å²) in [6.45, 7) is 21.8. The van der Waals surface area contributed by atoms with Gasteiger partial charge < -0.3 is 4.74 Å². The van der Waals surface area contributed by atoms with Crippen molar-refractivity contribution < 1.29 is 46.3 Å². The molecule has 0 fully saturated rings. The highest BCUT2D eigenvalue weighted by Gasteiger charge is 2.42. The van der Waals surface area contributed by atoms with Gasteiger partial charge in [-0.1, -0.05) is 319 Å². The zero-order valence-electron chi connectivity index (χ0n) is 85.1. The lowest BCUT2D eigenvalue weighted by Crippen LogP contribution is -2.74. The second-order valence-electron chi connectivity index (χ2n) is 29.5. The Bertz CT molecular complexity index is 6950. The highest BCUT2D eigenvalue weighted by Crippen LogP contribution is 2.43. The molecule has 5 nitrogen and oxygen atoms in total. The largest absolute Gasteiger partial charge is 0.458 e. The van der Waals surface area contributed by atoms with Crippen LogP contribution >= 0.6 is 0 Å². The number of hydrogen-bond donors (Lipinski definition) is 0. The van der Waals surface area contributed by atoms with Gasteiger partial charge in [-0.3, -0.25) is 13.7 Å². The summed E-state index contributed by atoms with van der Waals surface area (Å²) >= 11 is 0. The van der Waals surface area contributed by atoms with Gasteiger partial charge >= 0.3 is 0 Å². The monoisotopic (exact) mass is 1360 g/mol. The molecule has 15 rings (SSSR count). The molecule has 0 spiro atoms. The summed E-state index contributed by atoms with van der Waals surface area (Å²) in [5, 5.41) is -2.43. The number of aryl methyl sites for hydroxylation is 1. The van der Waals surface area contributed by atoms with E-state index in [1.54, 1.807) is 50.1 Å². The Morgan fingerprint density at radius 3 is 1.60 bits per heavy atom. The number of rotatable bonds is 13. The number of fused-ring (bicyclic) bond motifs is 4. The molecule has 0 saturated carbocycles. The topological polar surface area (TPSA) is 35.9 Å². The van der Waals surface area contributed by atoms with E-state index >= 15 is 0 Å². The maximum absolute atomic E-state index is 11.4. The van der Waals surface area contributed by atoms with Crippen LogP contribution < -0.4 is 30.1 Å². The number of pyridine rings is 1. The molecule has 12 aromatic carbocycles. The third-order valence-corrected chi connectivity index (χ3v) is 22.6. The Morgan fingerprint density at radius 2 is 0.970 bits per heavy atom. The van der Waals surface area contributed by atoms with Crippen molar-refractivity contribution in [1.82, 2.24) is 14.1 Å². The molecule has 0 aliphatic rings. The minimum absolute atomic E-state index is 0.0544. The van der Waals surface area contributed by atoms with E-state index in [0.29, 0.717) is 55.6 Å². The number of para-hydroxylation sites is 1. The normalized spacial score (nSPS) is 16.3. The Morgan fingerprint density at radius 1 is 0.416 bits per heavy atom. The smallest absolute Gasteiger partial charge is 0.269 e. The minimum atomic E-state index is -6.39.